The highest BCUT2D eigenvalue weighted by molar-refractivity contribution is 6.23. The summed E-state index contributed by atoms with van der Waals surface area (Å²) in [4.78, 5) is 13.4. The molecule has 6 heteroatoms. The van der Waals surface area contributed by atoms with E-state index in [9.17, 15) is 15.4 Å². The van der Waals surface area contributed by atoms with E-state index in [0.29, 0.717) is 5.56 Å². The monoisotopic (exact) mass is 859 g/mol. The van der Waals surface area contributed by atoms with E-state index >= 15 is 0 Å². The Hall–Kier alpha value is -9.05. The smallest absolute Gasteiger partial charge is 0.269 e. The van der Waals surface area contributed by atoms with E-state index in [1.165, 1.54) is 60.3 Å². The van der Waals surface area contributed by atoms with Gasteiger partial charge in [-0.25, -0.2) is 0 Å². The number of nitrogens with zero attached hydrogens (tertiary/aromatic N) is 3. The molecule has 0 unspecified atom stereocenters. The summed E-state index contributed by atoms with van der Waals surface area (Å²) in [5.41, 5.74) is 14.5. The summed E-state index contributed by atoms with van der Waals surface area (Å²) in [6.45, 7) is 0. The molecule has 11 aromatic carbocycles. The van der Waals surface area contributed by atoms with E-state index in [1.54, 1.807) is 31.4 Å². The molecule has 0 amide bonds. The highest BCUT2D eigenvalue weighted by Gasteiger charge is 2.52. The topological polar surface area (TPSA) is 79.4 Å². The number of fused-ring (bicyclic) bond motifs is 12. The lowest BCUT2D eigenvalue weighted by atomic mass is 9.68. The molecule has 13 rings (SSSR count). The van der Waals surface area contributed by atoms with Crippen molar-refractivity contribution in [3.8, 4) is 45.2 Å². The quantitative estimate of drug-likeness (QED) is 0.0906. The Morgan fingerprint density at radius 2 is 1.07 bits per heavy atom. The number of nitriles is 1. The van der Waals surface area contributed by atoms with E-state index in [2.05, 4.69) is 163 Å². The molecule has 314 valence electrons. The largest absolute Gasteiger partial charge is 0.497 e. The Labute approximate surface area is 386 Å². The van der Waals surface area contributed by atoms with Crippen molar-refractivity contribution in [2.75, 3.05) is 12.0 Å². The summed E-state index contributed by atoms with van der Waals surface area (Å²) in [6.07, 6.45) is 0. The molecule has 67 heavy (non-hydrogen) atoms. The number of anilines is 3. The molecule has 0 saturated carbocycles. The standard InChI is InChI=1S/C61H37N3O3/c1-67-48-30-19-39(20-31-48)38-15-22-44(23-16-38)63(46-26-28-47(29-27-46)64(65)66)45-24-17-40(18-25-45)43-21-33-52-56(35-43)61(54-10-4-6-41-13-14-42-7-5-11-55(61)58(42)57(41)54)60-51-9-3-2-8-49(51)53-34-37(36-62)12-32-50(53)59(52)60/h2-35H,1H3. The van der Waals surface area contributed by atoms with Crippen molar-refractivity contribution < 1.29 is 9.66 Å². The third kappa shape index (κ3) is 5.49. The zero-order valence-corrected chi connectivity index (χ0v) is 36.2. The van der Waals surface area contributed by atoms with Gasteiger partial charge in [0.1, 0.15) is 5.75 Å². The molecule has 0 aliphatic heterocycles. The molecule has 0 saturated heterocycles. The number of nitro benzene ring substituents is 1. The number of methoxy groups -OCH3 is 1. The van der Waals surface area contributed by atoms with Gasteiger partial charge in [-0.3, -0.25) is 10.1 Å². The van der Waals surface area contributed by atoms with Crippen molar-refractivity contribution in [3.05, 3.63) is 244 Å². The highest BCUT2D eigenvalue weighted by atomic mass is 16.6. The second kappa shape index (κ2) is 14.5. The minimum atomic E-state index is -0.615. The van der Waals surface area contributed by atoms with Crippen molar-refractivity contribution in [2.24, 2.45) is 0 Å². The van der Waals surface area contributed by atoms with Gasteiger partial charge in [0.15, 0.2) is 0 Å². The number of non-ortho nitro benzene ring substituents is 1. The first-order valence-corrected chi connectivity index (χ1v) is 22.3. The molecule has 0 radical (unpaired) electrons. The predicted molar refractivity (Wildman–Crippen MR) is 271 cm³/mol. The predicted octanol–water partition coefficient (Wildman–Crippen LogP) is 15.6. The zero-order valence-electron chi connectivity index (χ0n) is 36.2. The molecular formula is C61H37N3O3. The molecule has 1 spiro atoms. The van der Waals surface area contributed by atoms with Crippen LogP contribution in [0.2, 0.25) is 0 Å². The lowest BCUT2D eigenvalue weighted by molar-refractivity contribution is -0.384. The number of benzene rings is 11. The summed E-state index contributed by atoms with van der Waals surface area (Å²) in [5.74, 6) is 0.801. The SMILES string of the molecule is COc1ccc(-c2ccc(N(c3ccc(-c4ccc5c(c4)C4(c6c-5c5ccc(C#N)cc5c5ccccc65)c5cccc6ccc7cccc4c7c56)cc3)c3ccc([N+](=O)[O-])cc3)cc2)cc1. The number of hydrogen-bond acceptors (Lipinski definition) is 5. The second-order valence-corrected chi connectivity index (χ2v) is 17.5. The van der Waals surface area contributed by atoms with Crippen molar-refractivity contribution in [1.29, 1.82) is 5.26 Å². The van der Waals surface area contributed by atoms with Gasteiger partial charge in [0.05, 0.1) is 29.1 Å². The normalized spacial score (nSPS) is 12.8. The van der Waals surface area contributed by atoms with Crippen LogP contribution in [-0.2, 0) is 5.41 Å². The Kier molecular flexibility index (Phi) is 8.30. The van der Waals surface area contributed by atoms with Gasteiger partial charge in [-0.2, -0.15) is 5.26 Å². The second-order valence-electron chi connectivity index (χ2n) is 17.5. The van der Waals surface area contributed by atoms with Crippen LogP contribution in [0.25, 0.3) is 76.5 Å². The van der Waals surface area contributed by atoms with Crippen LogP contribution in [0.3, 0.4) is 0 Å². The van der Waals surface area contributed by atoms with Crippen LogP contribution in [0.4, 0.5) is 22.7 Å². The first-order valence-electron chi connectivity index (χ1n) is 22.3. The molecule has 11 aromatic rings. The average molecular weight is 860 g/mol. The van der Waals surface area contributed by atoms with Gasteiger partial charge < -0.3 is 9.64 Å². The third-order valence-electron chi connectivity index (χ3n) is 14.2. The van der Waals surface area contributed by atoms with Gasteiger partial charge in [0.2, 0.25) is 0 Å². The van der Waals surface area contributed by atoms with Crippen LogP contribution in [0, 0.1) is 21.4 Å². The van der Waals surface area contributed by atoms with Crippen LogP contribution in [0.1, 0.15) is 27.8 Å². The summed E-state index contributed by atoms with van der Waals surface area (Å²) in [5, 5.41) is 31.4. The highest BCUT2D eigenvalue weighted by Crippen LogP contribution is 2.65. The molecule has 2 aliphatic rings. The number of ether oxygens (including phenoxy) is 1. The third-order valence-corrected chi connectivity index (χ3v) is 14.2. The van der Waals surface area contributed by atoms with Crippen molar-refractivity contribution in [3.63, 3.8) is 0 Å². The van der Waals surface area contributed by atoms with E-state index in [-0.39, 0.29) is 10.6 Å². The molecule has 6 nitrogen and oxygen atoms in total. The van der Waals surface area contributed by atoms with Crippen molar-refractivity contribution >= 4 is 65.8 Å². The van der Waals surface area contributed by atoms with Crippen LogP contribution in [0.5, 0.6) is 5.75 Å². The Morgan fingerprint density at radius 3 is 1.66 bits per heavy atom. The Bertz CT molecular complexity index is 3860. The first kappa shape index (κ1) is 38.4. The van der Waals surface area contributed by atoms with Crippen LogP contribution in [-0.4, -0.2) is 12.0 Å². The molecule has 2 aliphatic carbocycles. The van der Waals surface area contributed by atoms with Gasteiger partial charge in [0, 0.05) is 29.2 Å². The van der Waals surface area contributed by atoms with Crippen LogP contribution < -0.4 is 9.64 Å². The maximum atomic E-state index is 11.7. The molecule has 0 atom stereocenters. The summed E-state index contributed by atoms with van der Waals surface area (Å²) >= 11 is 0. The molecule has 0 heterocycles. The minimum absolute atomic E-state index is 0.0381. The minimum Gasteiger partial charge on any atom is -0.497 e. The fourth-order valence-electron chi connectivity index (χ4n) is 11.4. The molecule has 0 aromatic heterocycles. The Balaban J connectivity index is 0.993. The maximum Gasteiger partial charge on any atom is 0.269 e. The number of nitro groups is 1. The lowest BCUT2D eigenvalue weighted by Gasteiger charge is -2.32. The molecule has 0 N–H and O–H groups in total. The van der Waals surface area contributed by atoms with Gasteiger partial charge >= 0.3 is 0 Å². The molecule has 0 fully saturated rings. The van der Waals surface area contributed by atoms with E-state index in [4.69, 9.17) is 4.74 Å². The fraction of sp³-hybridized carbons (Fsp3) is 0.0328. The van der Waals surface area contributed by atoms with E-state index < -0.39 is 5.41 Å². The maximum absolute atomic E-state index is 11.7. The van der Waals surface area contributed by atoms with Crippen molar-refractivity contribution in [1.82, 2.24) is 0 Å². The Morgan fingerprint density at radius 1 is 0.522 bits per heavy atom. The summed E-state index contributed by atoms with van der Waals surface area (Å²) in [7, 11) is 1.66. The fourth-order valence-corrected chi connectivity index (χ4v) is 11.4. The average Bonchev–Trinajstić information content (AvgIpc) is 3.87. The van der Waals surface area contributed by atoms with E-state index in [1.807, 2.05) is 30.3 Å². The zero-order chi connectivity index (χ0) is 45.0. The summed E-state index contributed by atoms with van der Waals surface area (Å²) < 4.78 is 5.38. The van der Waals surface area contributed by atoms with Gasteiger partial charge in [-0.05, 0) is 165 Å². The van der Waals surface area contributed by atoms with Gasteiger partial charge in [-0.15, -0.1) is 0 Å². The number of rotatable bonds is 7. The molecular weight excluding hydrogens is 823 g/mol. The van der Waals surface area contributed by atoms with E-state index in [0.717, 1.165) is 61.2 Å². The van der Waals surface area contributed by atoms with Gasteiger partial charge in [0.25, 0.3) is 5.69 Å². The van der Waals surface area contributed by atoms with Crippen molar-refractivity contribution in [2.45, 2.75) is 5.41 Å². The van der Waals surface area contributed by atoms with Crippen LogP contribution >= 0.6 is 0 Å². The van der Waals surface area contributed by atoms with Crippen LogP contribution in [0.15, 0.2) is 206 Å². The number of hydrogen-bond donors (Lipinski definition) is 0. The molecule has 0 bridgehead atoms. The lowest BCUT2D eigenvalue weighted by Crippen LogP contribution is -2.26. The van der Waals surface area contributed by atoms with Gasteiger partial charge in [-0.1, -0.05) is 127 Å². The first-order chi connectivity index (χ1) is 32.9. The summed E-state index contributed by atoms with van der Waals surface area (Å²) in [6, 6.07) is 74.1.